The van der Waals surface area contributed by atoms with Crippen molar-refractivity contribution in [1.29, 1.82) is 0 Å². The van der Waals surface area contributed by atoms with Gasteiger partial charge in [0, 0.05) is 16.4 Å². The van der Waals surface area contributed by atoms with E-state index in [0.29, 0.717) is 28.7 Å². The molecule has 3 aromatic rings. The van der Waals surface area contributed by atoms with Gasteiger partial charge in [-0.2, -0.15) is 0 Å². The molecule has 2 N–H and O–H groups in total. The molecule has 0 saturated heterocycles. The third-order valence-electron chi connectivity index (χ3n) is 4.46. The van der Waals surface area contributed by atoms with Crippen LogP contribution in [-0.4, -0.2) is 33.4 Å². The number of carbonyl (C=O) groups is 2. The lowest BCUT2D eigenvalue weighted by atomic mass is 10.2. The summed E-state index contributed by atoms with van der Waals surface area (Å²) in [4.78, 5) is 24.9. The van der Waals surface area contributed by atoms with Crippen molar-refractivity contribution < 1.29 is 14.3 Å². The van der Waals surface area contributed by atoms with Crippen LogP contribution in [0.1, 0.15) is 28.7 Å². The van der Waals surface area contributed by atoms with Crippen molar-refractivity contribution in [2.45, 2.75) is 27.3 Å². The molecule has 0 aliphatic carbocycles. The molecule has 2 amide bonds. The monoisotopic (exact) mass is 427 g/mol. The van der Waals surface area contributed by atoms with Crippen molar-refractivity contribution in [3.05, 3.63) is 64.4 Å². The van der Waals surface area contributed by atoms with E-state index in [4.69, 9.17) is 16.3 Å². The van der Waals surface area contributed by atoms with Gasteiger partial charge in [0.05, 0.1) is 12.3 Å². The van der Waals surface area contributed by atoms with Gasteiger partial charge in [-0.1, -0.05) is 22.9 Å². The fourth-order valence-electron chi connectivity index (χ4n) is 2.78. The van der Waals surface area contributed by atoms with Gasteiger partial charge in [-0.15, -0.1) is 5.10 Å². The minimum Gasteiger partial charge on any atom is -0.494 e. The van der Waals surface area contributed by atoms with E-state index in [1.54, 1.807) is 49.4 Å². The summed E-state index contributed by atoms with van der Waals surface area (Å²) in [7, 11) is 0. The number of benzene rings is 2. The first-order chi connectivity index (χ1) is 14.4. The van der Waals surface area contributed by atoms with Crippen LogP contribution < -0.4 is 15.4 Å². The highest BCUT2D eigenvalue weighted by atomic mass is 35.5. The molecule has 9 heteroatoms. The van der Waals surface area contributed by atoms with E-state index in [-0.39, 0.29) is 18.1 Å². The smallest absolute Gasteiger partial charge is 0.278 e. The van der Waals surface area contributed by atoms with Gasteiger partial charge < -0.3 is 15.4 Å². The molecule has 0 unspecified atom stereocenters. The van der Waals surface area contributed by atoms with Gasteiger partial charge in [0.2, 0.25) is 5.91 Å². The number of hydrogen-bond acceptors (Lipinski definition) is 5. The summed E-state index contributed by atoms with van der Waals surface area (Å²) in [5.74, 6) is 0.0134. The number of nitrogens with zero attached hydrogens (tertiary/aromatic N) is 3. The number of ether oxygens (including phenoxy) is 1. The second-order valence-corrected chi connectivity index (χ2v) is 6.96. The topological polar surface area (TPSA) is 98.1 Å². The zero-order valence-electron chi connectivity index (χ0n) is 16.9. The van der Waals surface area contributed by atoms with E-state index >= 15 is 0 Å². The van der Waals surface area contributed by atoms with Gasteiger partial charge in [-0.25, -0.2) is 4.68 Å². The number of halogens is 1. The lowest BCUT2D eigenvalue weighted by molar-refractivity contribution is -0.117. The average Bonchev–Trinajstić information content (AvgIpc) is 3.07. The number of nitrogens with one attached hydrogen (secondary N) is 2. The summed E-state index contributed by atoms with van der Waals surface area (Å²) in [5.41, 5.74) is 2.63. The molecule has 1 aromatic heterocycles. The molecule has 0 aliphatic rings. The van der Waals surface area contributed by atoms with Crippen LogP contribution in [0, 0.1) is 13.8 Å². The number of amides is 2. The summed E-state index contributed by atoms with van der Waals surface area (Å²) in [6, 6.07) is 12.3. The summed E-state index contributed by atoms with van der Waals surface area (Å²) in [6.07, 6.45) is 0. The molecular weight excluding hydrogens is 406 g/mol. The Morgan fingerprint density at radius 1 is 1.10 bits per heavy atom. The molecule has 0 spiro atoms. The molecular formula is C21H22ClN5O3. The second-order valence-electron chi connectivity index (χ2n) is 6.55. The zero-order chi connectivity index (χ0) is 21.7. The van der Waals surface area contributed by atoms with Gasteiger partial charge in [0.15, 0.2) is 5.69 Å². The first kappa shape index (κ1) is 21.3. The Morgan fingerprint density at radius 2 is 1.83 bits per heavy atom. The Balaban J connectivity index is 1.65. The highest BCUT2D eigenvalue weighted by Crippen LogP contribution is 2.23. The maximum absolute atomic E-state index is 12.5. The minimum absolute atomic E-state index is 0.0822. The standard InChI is InChI=1S/C21H22ClN5O3/c1-4-30-16-10-8-15(9-11-16)23-21(29)20-14(3)27(26-25-20)12-19(28)24-18-7-5-6-17(22)13(18)2/h5-11H,4,12H2,1-3H3,(H,23,29)(H,24,28). The zero-order valence-corrected chi connectivity index (χ0v) is 17.7. The van der Waals surface area contributed by atoms with E-state index in [9.17, 15) is 9.59 Å². The van der Waals surface area contributed by atoms with Crippen molar-refractivity contribution >= 4 is 34.8 Å². The van der Waals surface area contributed by atoms with Gasteiger partial charge in [0.25, 0.3) is 5.91 Å². The van der Waals surface area contributed by atoms with Crippen molar-refractivity contribution in [3.63, 3.8) is 0 Å². The van der Waals surface area contributed by atoms with E-state index in [1.807, 2.05) is 13.8 Å². The first-order valence-corrected chi connectivity index (χ1v) is 9.76. The lowest BCUT2D eigenvalue weighted by Crippen LogP contribution is -2.21. The SMILES string of the molecule is CCOc1ccc(NC(=O)c2nnn(CC(=O)Nc3cccc(Cl)c3C)c2C)cc1. The number of rotatable bonds is 7. The average molecular weight is 428 g/mol. The van der Waals surface area contributed by atoms with Gasteiger partial charge in [-0.05, 0) is 62.7 Å². The van der Waals surface area contributed by atoms with Crippen LogP contribution in [0.15, 0.2) is 42.5 Å². The maximum atomic E-state index is 12.5. The Morgan fingerprint density at radius 3 is 2.53 bits per heavy atom. The fourth-order valence-corrected chi connectivity index (χ4v) is 2.95. The summed E-state index contributed by atoms with van der Waals surface area (Å²) < 4.78 is 6.76. The van der Waals surface area contributed by atoms with E-state index < -0.39 is 5.91 Å². The molecule has 30 heavy (non-hydrogen) atoms. The molecule has 2 aromatic carbocycles. The number of hydrogen-bond donors (Lipinski definition) is 2. The van der Waals surface area contributed by atoms with Gasteiger partial charge >= 0.3 is 0 Å². The summed E-state index contributed by atoms with van der Waals surface area (Å²) in [6.45, 7) is 5.89. The highest BCUT2D eigenvalue weighted by Gasteiger charge is 2.18. The lowest BCUT2D eigenvalue weighted by Gasteiger charge is -2.10. The molecule has 0 radical (unpaired) electrons. The van der Waals surface area contributed by atoms with Crippen LogP contribution in [0.25, 0.3) is 0 Å². The first-order valence-electron chi connectivity index (χ1n) is 9.38. The third kappa shape index (κ3) is 4.96. The van der Waals surface area contributed by atoms with E-state index in [2.05, 4.69) is 20.9 Å². The molecule has 1 heterocycles. The van der Waals surface area contributed by atoms with Crippen molar-refractivity contribution in [1.82, 2.24) is 15.0 Å². The Bertz CT molecular complexity index is 1060. The fraction of sp³-hybridized carbons (Fsp3) is 0.238. The maximum Gasteiger partial charge on any atom is 0.278 e. The predicted octanol–water partition coefficient (Wildman–Crippen LogP) is 3.84. The Kier molecular flexibility index (Phi) is 6.68. The predicted molar refractivity (Wildman–Crippen MR) is 115 cm³/mol. The number of aromatic nitrogens is 3. The molecule has 3 rings (SSSR count). The highest BCUT2D eigenvalue weighted by molar-refractivity contribution is 6.31. The summed E-state index contributed by atoms with van der Waals surface area (Å²) >= 11 is 6.08. The van der Waals surface area contributed by atoms with Crippen molar-refractivity contribution in [2.75, 3.05) is 17.2 Å². The Hall–Kier alpha value is -3.39. The minimum atomic E-state index is -0.408. The molecule has 0 aliphatic heterocycles. The Labute approximate surface area is 179 Å². The van der Waals surface area contributed by atoms with Crippen LogP contribution in [0.5, 0.6) is 5.75 Å². The largest absolute Gasteiger partial charge is 0.494 e. The second kappa shape index (κ2) is 9.41. The van der Waals surface area contributed by atoms with E-state index in [1.165, 1.54) is 4.68 Å². The van der Waals surface area contributed by atoms with Gasteiger partial charge in [-0.3, -0.25) is 9.59 Å². The molecule has 0 fully saturated rings. The number of anilines is 2. The van der Waals surface area contributed by atoms with Crippen LogP contribution >= 0.6 is 11.6 Å². The van der Waals surface area contributed by atoms with E-state index in [0.717, 1.165) is 11.3 Å². The van der Waals surface area contributed by atoms with Crippen LogP contribution in [0.3, 0.4) is 0 Å². The molecule has 8 nitrogen and oxygen atoms in total. The third-order valence-corrected chi connectivity index (χ3v) is 4.87. The van der Waals surface area contributed by atoms with Crippen molar-refractivity contribution in [3.8, 4) is 5.75 Å². The van der Waals surface area contributed by atoms with Crippen LogP contribution in [0.4, 0.5) is 11.4 Å². The molecule has 0 bridgehead atoms. The normalized spacial score (nSPS) is 10.5. The van der Waals surface area contributed by atoms with Gasteiger partial charge in [0.1, 0.15) is 12.3 Å². The molecule has 0 atom stereocenters. The number of carbonyl (C=O) groups excluding carboxylic acids is 2. The van der Waals surface area contributed by atoms with Crippen LogP contribution in [0.2, 0.25) is 5.02 Å². The van der Waals surface area contributed by atoms with Crippen LogP contribution in [-0.2, 0) is 11.3 Å². The molecule has 156 valence electrons. The molecule has 0 saturated carbocycles. The quantitative estimate of drug-likeness (QED) is 0.597. The van der Waals surface area contributed by atoms with Crippen molar-refractivity contribution in [2.24, 2.45) is 0 Å². The summed E-state index contributed by atoms with van der Waals surface area (Å²) in [5, 5.41) is 14.0.